The Labute approximate surface area is 169 Å². The number of hydrogen-bond donors (Lipinski definition) is 1. The van der Waals surface area contributed by atoms with E-state index in [4.69, 9.17) is 4.74 Å². The van der Waals surface area contributed by atoms with Gasteiger partial charge in [0.15, 0.2) is 5.82 Å². The highest BCUT2D eigenvalue weighted by Crippen LogP contribution is 2.30. The van der Waals surface area contributed by atoms with Crippen LogP contribution in [0.3, 0.4) is 0 Å². The van der Waals surface area contributed by atoms with Crippen molar-refractivity contribution >= 4 is 17.6 Å². The zero-order valence-electron chi connectivity index (χ0n) is 15.9. The highest BCUT2D eigenvalue weighted by molar-refractivity contribution is 6.08. The van der Waals surface area contributed by atoms with Gasteiger partial charge in [0.05, 0.1) is 35.2 Å². The largest absolute Gasteiger partial charge is 0.465 e. The van der Waals surface area contributed by atoms with Crippen molar-refractivity contribution in [2.75, 3.05) is 12.4 Å². The standard InChI is InChI=1S/C21H16F3N3O3/c1-12-16(19(28)27-17-6-4-3-5-15(17)20(29)30-2)11-25-18(26-12)13-7-9-14(10-8-13)21(22,23)24/h3-11H,1-2H3,(H,27,28). The minimum atomic E-state index is -4.43. The highest BCUT2D eigenvalue weighted by atomic mass is 19.4. The molecule has 154 valence electrons. The summed E-state index contributed by atoms with van der Waals surface area (Å²) in [6.07, 6.45) is -3.15. The molecule has 0 saturated carbocycles. The first-order chi connectivity index (χ1) is 14.2. The van der Waals surface area contributed by atoms with Gasteiger partial charge < -0.3 is 10.1 Å². The van der Waals surface area contributed by atoms with E-state index in [2.05, 4.69) is 15.3 Å². The van der Waals surface area contributed by atoms with Crippen molar-refractivity contribution < 1.29 is 27.5 Å². The highest BCUT2D eigenvalue weighted by Gasteiger charge is 2.30. The van der Waals surface area contributed by atoms with E-state index in [1.807, 2.05) is 0 Å². The number of methoxy groups -OCH3 is 1. The minimum absolute atomic E-state index is 0.158. The zero-order valence-corrected chi connectivity index (χ0v) is 15.9. The number of aryl methyl sites for hydroxylation is 1. The summed E-state index contributed by atoms with van der Waals surface area (Å²) in [5.74, 6) is -0.952. The molecule has 6 nitrogen and oxygen atoms in total. The average Bonchev–Trinajstić information content (AvgIpc) is 2.73. The smallest absolute Gasteiger partial charge is 0.416 e. The molecule has 0 aliphatic heterocycles. The quantitative estimate of drug-likeness (QED) is 0.634. The number of carbonyl (C=O) groups is 2. The molecule has 0 aliphatic carbocycles. The molecule has 0 spiro atoms. The van der Waals surface area contributed by atoms with Crippen molar-refractivity contribution in [3.63, 3.8) is 0 Å². The van der Waals surface area contributed by atoms with Crippen LogP contribution in [-0.2, 0) is 10.9 Å². The van der Waals surface area contributed by atoms with E-state index >= 15 is 0 Å². The van der Waals surface area contributed by atoms with Crippen molar-refractivity contribution in [2.45, 2.75) is 13.1 Å². The van der Waals surface area contributed by atoms with E-state index in [1.54, 1.807) is 25.1 Å². The molecule has 2 aromatic carbocycles. The molecule has 1 heterocycles. The van der Waals surface area contributed by atoms with Gasteiger partial charge in [-0.05, 0) is 31.2 Å². The Balaban J connectivity index is 1.84. The maximum Gasteiger partial charge on any atom is 0.416 e. The number of carbonyl (C=O) groups excluding carboxylic acids is 2. The van der Waals surface area contributed by atoms with Crippen LogP contribution in [0.2, 0.25) is 0 Å². The number of anilines is 1. The number of amides is 1. The van der Waals surface area contributed by atoms with Gasteiger partial charge >= 0.3 is 12.1 Å². The summed E-state index contributed by atoms with van der Waals surface area (Å²) < 4.78 is 42.8. The van der Waals surface area contributed by atoms with Crippen LogP contribution < -0.4 is 5.32 Å². The van der Waals surface area contributed by atoms with Gasteiger partial charge in [-0.15, -0.1) is 0 Å². The number of alkyl halides is 3. The number of halogens is 3. The van der Waals surface area contributed by atoms with Gasteiger partial charge in [-0.1, -0.05) is 24.3 Å². The van der Waals surface area contributed by atoms with Crippen molar-refractivity contribution in [1.29, 1.82) is 0 Å². The predicted octanol–water partition coefficient (Wildman–Crippen LogP) is 4.51. The summed E-state index contributed by atoms with van der Waals surface area (Å²) in [6, 6.07) is 10.8. The van der Waals surface area contributed by atoms with Crippen LogP contribution in [0.25, 0.3) is 11.4 Å². The molecule has 1 aromatic heterocycles. The number of esters is 1. The summed E-state index contributed by atoms with van der Waals surface area (Å²) in [7, 11) is 1.24. The number of rotatable bonds is 4. The average molecular weight is 415 g/mol. The number of nitrogens with zero attached hydrogens (tertiary/aromatic N) is 2. The fourth-order valence-corrected chi connectivity index (χ4v) is 2.71. The lowest BCUT2D eigenvalue weighted by Crippen LogP contribution is -2.17. The SMILES string of the molecule is COC(=O)c1ccccc1NC(=O)c1cnc(-c2ccc(C(F)(F)F)cc2)nc1C. The summed E-state index contributed by atoms with van der Waals surface area (Å²) in [4.78, 5) is 32.8. The van der Waals surface area contributed by atoms with Crippen LogP contribution in [0.4, 0.5) is 18.9 Å². The molecule has 0 saturated heterocycles. The molecule has 3 aromatic rings. The van der Waals surface area contributed by atoms with E-state index in [0.717, 1.165) is 12.1 Å². The van der Waals surface area contributed by atoms with E-state index in [9.17, 15) is 22.8 Å². The minimum Gasteiger partial charge on any atom is -0.465 e. The third kappa shape index (κ3) is 4.45. The number of benzene rings is 2. The Bertz CT molecular complexity index is 1100. The molecule has 3 rings (SSSR count). The second kappa shape index (κ2) is 8.32. The van der Waals surface area contributed by atoms with Crippen LogP contribution in [0.15, 0.2) is 54.7 Å². The van der Waals surface area contributed by atoms with Gasteiger partial charge in [0, 0.05) is 11.8 Å². The van der Waals surface area contributed by atoms with Gasteiger partial charge in [-0.3, -0.25) is 4.79 Å². The Hall–Kier alpha value is -3.75. The number of para-hydroxylation sites is 1. The predicted molar refractivity (Wildman–Crippen MR) is 103 cm³/mol. The molecule has 1 N–H and O–H groups in total. The lowest BCUT2D eigenvalue weighted by Gasteiger charge is -2.11. The maximum atomic E-state index is 12.7. The molecule has 0 aliphatic rings. The fourth-order valence-electron chi connectivity index (χ4n) is 2.71. The second-order valence-electron chi connectivity index (χ2n) is 6.26. The van der Waals surface area contributed by atoms with Gasteiger partial charge in [0.2, 0.25) is 0 Å². The van der Waals surface area contributed by atoms with Crippen LogP contribution in [0.1, 0.15) is 32.0 Å². The Morgan fingerprint density at radius 2 is 1.67 bits per heavy atom. The van der Waals surface area contributed by atoms with Crippen LogP contribution in [-0.4, -0.2) is 29.0 Å². The molecule has 30 heavy (non-hydrogen) atoms. The molecular weight excluding hydrogens is 399 g/mol. The van der Waals surface area contributed by atoms with Gasteiger partial charge in [-0.2, -0.15) is 13.2 Å². The number of nitrogens with one attached hydrogen (secondary N) is 1. The van der Waals surface area contributed by atoms with Crippen LogP contribution >= 0.6 is 0 Å². The molecule has 1 amide bonds. The molecule has 0 atom stereocenters. The first-order valence-electron chi connectivity index (χ1n) is 8.70. The Morgan fingerprint density at radius 1 is 1.00 bits per heavy atom. The number of hydrogen-bond acceptors (Lipinski definition) is 5. The number of aromatic nitrogens is 2. The third-order valence-electron chi connectivity index (χ3n) is 4.27. The third-order valence-corrected chi connectivity index (χ3v) is 4.27. The molecule has 9 heteroatoms. The van der Waals surface area contributed by atoms with Gasteiger partial charge in [0.25, 0.3) is 5.91 Å². The second-order valence-corrected chi connectivity index (χ2v) is 6.26. The summed E-state index contributed by atoms with van der Waals surface area (Å²) >= 11 is 0. The van der Waals surface area contributed by atoms with E-state index in [0.29, 0.717) is 11.3 Å². The lowest BCUT2D eigenvalue weighted by atomic mass is 10.1. The topological polar surface area (TPSA) is 81.2 Å². The first kappa shape index (κ1) is 21.0. The fraction of sp³-hybridized carbons (Fsp3) is 0.143. The molecule has 0 unspecified atom stereocenters. The van der Waals surface area contributed by atoms with Crippen molar-refractivity contribution in [1.82, 2.24) is 9.97 Å². The van der Waals surface area contributed by atoms with Gasteiger partial charge in [-0.25, -0.2) is 14.8 Å². The van der Waals surface area contributed by atoms with Crippen LogP contribution in [0, 0.1) is 6.92 Å². The van der Waals surface area contributed by atoms with Crippen molar-refractivity contribution in [2.24, 2.45) is 0 Å². The molecular formula is C21H16F3N3O3. The van der Waals surface area contributed by atoms with E-state index in [-0.39, 0.29) is 22.6 Å². The monoisotopic (exact) mass is 415 g/mol. The zero-order chi connectivity index (χ0) is 21.9. The molecule has 0 fully saturated rings. The van der Waals surface area contributed by atoms with Crippen LogP contribution in [0.5, 0.6) is 0 Å². The Kier molecular flexibility index (Phi) is 5.81. The lowest BCUT2D eigenvalue weighted by molar-refractivity contribution is -0.137. The van der Waals surface area contributed by atoms with Gasteiger partial charge in [0.1, 0.15) is 0 Å². The summed E-state index contributed by atoms with van der Waals surface area (Å²) in [6.45, 7) is 1.58. The van der Waals surface area contributed by atoms with E-state index < -0.39 is 23.6 Å². The number of ether oxygens (including phenoxy) is 1. The maximum absolute atomic E-state index is 12.7. The van der Waals surface area contributed by atoms with Crippen molar-refractivity contribution in [3.05, 3.63) is 77.1 Å². The Morgan fingerprint density at radius 3 is 2.27 bits per heavy atom. The normalized spacial score (nSPS) is 11.1. The molecule has 0 bridgehead atoms. The van der Waals surface area contributed by atoms with E-state index in [1.165, 1.54) is 31.5 Å². The van der Waals surface area contributed by atoms with Crippen molar-refractivity contribution in [3.8, 4) is 11.4 Å². The molecule has 0 radical (unpaired) electrons. The summed E-state index contributed by atoms with van der Waals surface area (Å²) in [5.41, 5.74) is 0.546. The first-order valence-corrected chi connectivity index (χ1v) is 8.70. The summed E-state index contributed by atoms with van der Waals surface area (Å²) in [5, 5.41) is 2.62.